The first-order valence-electron chi connectivity index (χ1n) is 7.04. The van der Waals surface area contributed by atoms with Crippen LogP contribution in [-0.4, -0.2) is 49.7 Å². The fourth-order valence-corrected chi connectivity index (χ4v) is 2.92. The summed E-state index contributed by atoms with van der Waals surface area (Å²) < 4.78 is 19.0. The first-order chi connectivity index (χ1) is 10.2. The van der Waals surface area contributed by atoms with Gasteiger partial charge < -0.3 is 9.64 Å². The minimum absolute atomic E-state index is 0.141. The lowest BCUT2D eigenvalue weighted by molar-refractivity contribution is -0.142. The van der Waals surface area contributed by atoms with Gasteiger partial charge in [0.05, 0.1) is 23.9 Å². The first kappa shape index (κ1) is 13.8. The van der Waals surface area contributed by atoms with Crippen molar-refractivity contribution < 1.29 is 13.9 Å². The second kappa shape index (κ2) is 5.70. The normalized spacial score (nSPS) is 23.0. The molecule has 0 spiro atoms. The number of esters is 1. The van der Waals surface area contributed by atoms with Crippen molar-refractivity contribution in [2.24, 2.45) is 0 Å². The van der Waals surface area contributed by atoms with E-state index < -0.39 is 0 Å². The summed E-state index contributed by atoms with van der Waals surface area (Å²) in [5.41, 5.74) is 0.839. The van der Waals surface area contributed by atoms with Crippen molar-refractivity contribution in [2.45, 2.75) is 12.5 Å². The molecule has 0 bridgehead atoms. The zero-order valence-corrected chi connectivity index (χ0v) is 11.6. The molecule has 1 aromatic carbocycles. The van der Waals surface area contributed by atoms with E-state index in [1.165, 1.54) is 6.07 Å². The highest BCUT2D eigenvalue weighted by Crippen LogP contribution is 2.23. The molecule has 2 aliphatic heterocycles. The highest BCUT2D eigenvalue weighted by Gasteiger charge is 2.34. The second-order valence-electron chi connectivity index (χ2n) is 5.27. The number of benzene rings is 1. The number of ether oxygens (including phenoxy) is 1. The quantitative estimate of drug-likeness (QED) is 0.764. The summed E-state index contributed by atoms with van der Waals surface area (Å²) in [6.07, 6.45) is 0.740. The van der Waals surface area contributed by atoms with Crippen LogP contribution >= 0.6 is 0 Å². The predicted molar refractivity (Wildman–Crippen MR) is 74.3 cm³/mol. The number of cyclic esters (lactones) is 1. The Balaban J connectivity index is 1.66. The molecule has 0 amide bonds. The number of nitrogens with zero attached hydrogens (tertiary/aromatic N) is 3. The number of halogens is 1. The SMILES string of the molecule is N#Cc1ccc(N2CCN([C@@H]3CCOC3=O)CC2)c(F)c1. The van der Waals surface area contributed by atoms with Gasteiger partial charge in [0.15, 0.2) is 0 Å². The molecule has 5 nitrogen and oxygen atoms in total. The average Bonchev–Trinajstić information content (AvgIpc) is 2.93. The maximum Gasteiger partial charge on any atom is 0.323 e. The number of nitriles is 1. The molecule has 0 N–H and O–H groups in total. The number of hydrogen-bond acceptors (Lipinski definition) is 5. The smallest absolute Gasteiger partial charge is 0.323 e. The highest BCUT2D eigenvalue weighted by molar-refractivity contribution is 5.77. The molecule has 6 heteroatoms. The van der Waals surface area contributed by atoms with Crippen molar-refractivity contribution in [3.63, 3.8) is 0 Å². The third-order valence-corrected chi connectivity index (χ3v) is 4.08. The molecule has 110 valence electrons. The summed E-state index contributed by atoms with van der Waals surface area (Å²) in [5, 5.41) is 8.76. The third kappa shape index (κ3) is 2.69. The lowest BCUT2D eigenvalue weighted by atomic mass is 10.1. The van der Waals surface area contributed by atoms with Crippen molar-refractivity contribution in [1.29, 1.82) is 5.26 Å². The van der Waals surface area contributed by atoms with Gasteiger partial charge in [0.25, 0.3) is 0 Å². The van der Waals surface area contributed by atoms with Crippen LogP contribution in [0.25, 0.3) is 0 Å². The number of rotatable bonds is 2. The Morgan fingerprint density at radius 1 is 1.29 bits per heavy atom. The standard InChI is InChI=1S/C15H16FN3O2/c16-12-9-11(10-17)1-2-13(12)18-4-6-19(7-5-18)14-3-8-21-15(14)20/h1-2,9,14H,3-8H2/t14-/m1/s1. The van der Waals surface area contributed by atoms with Gasteiger partial charge in [-0.05, 0) is 18.2 Å². The highest BCUT2D eigenvalue weighted by atomic mass is 19.1. The van der Waals surface area contributed by atoms with E-state index in [9.17, 15) is 9.18 Å². The lowest BCUT2D eigenvalue weighted by Crippen LogP contribution is -2.51. The zero-order valence-electron chi connectivity index (χ0n) is 11.6. The first-order valence-corrected chi connectivity index (χ1v) is 7.04. The second-order valence-corrected chi connectivity index (χ2v) is 5.27. The van der Waals surface area contributed by atoms with Crippen LogP contribution in [0.1, 0.15) is 12.0 Å². The van der Waals surface area contributed by atoms with E-state index in [1.807, 2.05) is 11.0 Å². The van der Waals surface area contributed by atoms with Crippen LogP contribution in [0.3, 0.4) is 0 Å². The largest absolute Gasteiger partial charge is 0.464 e. The molecule has 2 fully saturated rings. The van der Waals surface area contributed by atoms with E-state index in [0.29, 0.717) is 44.0 Å². The molecule has 2 aliphatic rings. The van der Waals surface area contributed by atoms with Gasteiger partial charge in [0, 0.05) is 32.6 Å². The van der Waals surface area contributed by atoms with E-state index in [4.69, 9.17) is 10.00 Å². The van der Waals surface area contributed by atoms with Gasteiger partial charge in [-0.15, -0.1) is 0 Å². The summed E-state index contributed by atoms with van der Waals surface area (Å²) >= 11 is 0. The summed E-state index contributed by atoms with van der Waals surface area (Å²) in [6.45, 7) is 3.23. The van der Waals surface area contributed by atoms with Gasteiger partial charge in [0.1, 0.15) is 11.9 Å². The molecule has 2 heterocycles. The van der Waals surface area contributed by atoms with Crippen molar-refractivity contribution in [1.82, 2.24) is 4.90 Å². The Morgan fingerprint density at radius 3 is 2.62 bits per heavy atom. The molecule has 21 heavy (non-hydrogen) atoms. The zero-order chi connectivity index (χ0) is 14.8. The number of carbonyl (C=O) groups excluding carboxylic acids is 1. The lowest BCUT2D eigenvalue weighted by Gasteiger charge is -2.37. The van der Waals surface area contributed by atoms with E-state index in [0.717, 1.165) is 6.42 Å². The van der Waals surface area contributed by atoms with E-state index >= 15 is 0 Å². The molecular weight excluding hydrogens is 273 g/mol. The van der Waals surface area contributed by atoms with Crippen LogP contribution < -0.4 is 4.90 Å². The Morgan fingerprint density at radius 2 is 2.05 bits per heavy atom. The van der Waals surface area contributed by atoms with E-state index in [-0.39, 0.29) is 17.8 Å². The predicted octanol–water partition coefficient (Wildman–Crippen LogP) is 1.13. The molecule has 3 rings (SSSR count). The minimum atomic E-state index is -0.372. The monoisotopic (exact) mass is 289 g/mol. The average molecular weight is 289 g/mol. The summed E-state index contributed by atoms with van der Waals surface area (Å²) in [7, 11) is 0. The Bertz CT molecular complexity index is 591. The molecule has 1 atom stereocenters. The van der Waals surface area contributed by atoms with Gasteiger partial charge in [-0.25, -0.2) is 4.39 Å². The Kier molecular flexibility index (Phi) is 3.76. The summed E-state index contributed by atoms with van der Waals surface area (Å²) in [6, 6.07) is 6.32. The van der Waals surface area contributed by atoms with Crippen LogP contribution in [0.2, 0.25) is 0 Å². The van der Waals surface area contributed by atoms with Gasteiger partial charge in [-0.3, -0.25) is 9.69 Å². The maximum atomic E-state index is 14.0. The maximum absolute atomic E-state index is 14.0. The Labute approximate surface area is 122 Å². The van der Waals surface area contributed by atoms with Crippen LogP contribution in [0, 0.1) is 17.1 Å². The van der Waals surface area contributed by atoms with Gasteiger partial charge in [-0.2, -0.15) is 5.26 Å². The molecular formula is C15H16FN3O2. The van der Waals surface area contributed by atoms with Gasteiger partial charge in [0.2, 0.25) is 0 Å². The fraction of sp³-hybridized carbons (Fsp3) is 0.467. The van der Waals surface area contributed by atoms with Gasteiger partial charge in [-0.1, -0.05) is 0 Å². The van der Waals surface area contributed by atoms with E-state index in [1.54, 1.807) is 12.1 Å². The number of hydrogen-bond donors (Lipinski definition) is 0. The Hall–Kier alpha value is -2.13. The number of piperazine rings is 1. The molecule has 0 aliphatic carbocycles. The molecule has 0 unspecified atom stereocenters. The third-order valence-electron chi connectivity index (χ3n) is 4.08. The van der Waals surface area contributed by atoms with Crippen LogP contribution in [-0.2, 0) is 9.53 Å². The fourth-order valence-electron chi connectivity index (χ4n) is 2.92. The summed E-state index contributed by atoms with van der Waals surface area (Å²) in [4.78, 5) is 15.6. The van der Waals surface area contributed by atoms with Crippen LogP contribution in [0.4, 0.5) is 10.1 Å². The molecule has 0 aromatic heterocycles. The van der Waals surface area contributed by atoms with Crippen LogP contribution in [0.5, 0.6) is 0 Å². The van der Waals surface area contributed by atoms with E-state index in [2.05, 4.69) is 4.90 Å². The number of anilines is 1. The van der Waals surface area contributed by atoms with Crippen molar-refractivity contribution in [3.8, 4) is 6.07 Å². The van der Waals surface area contributed by atoms with Crippen molar-refractivity contribution in [3.05, 3.63) is 29.6 Å². The molecule has 0 saturated carbocycles. The van der Waals surface area contributed by atoms with Gasteiger partial charge >= 0.3 is 5.97 Å². The molecule has 1 aromatic rings. The topological polar surface area (TPSA) is 56.6 Å². The summed E-state index contributed by atoms with van der Waals surface area (Å²) in [5.74, 6) is -0.518. The molecule has 2 saturated heterocycles. The van der Waals surface area contributed by atoms with Crippen molar-refractivity contribution >= 4 is 11.7 Å². The van der Waals surface area contributed by atoms with Crippen LogP contribution in [0.15, 0.2) is 18.2 Å². The van der Waals surface area contributed by atoms with Crippen molar-refractivity contribution in [2.75, 3.05) is 37.7 Å². The minimum Gasteiger partial charge on any atom is -0.464 e. The molecule has 0 radical (unpaired) electrons. The number of carbonyl (C=O) groups is 1.